The lowest BCUT2D eigenvalue weighted by Gasteiger charge is -2.34. The van der Waals surface area contributed by atoms with Gasteiger partial charge < -0.3 is 9.64 Å². The summed E-state index contributed by atoms with van der Waals surface area (Å²) in [4.78, 5) is 2.30. The van der Waals surface area contributed by atoms with Crippen LogP contribution in [0, 0.1) is 18.7 Å². The SMILES string of the molecule is Cc1cc(N2CCCC(COc3ccccc3F)C2)c2nncn2n1. The Morgan fingerprint density at radius 1 is 1.32 bits per heavy atom. The van der Waals surface area contributed by atoms with E-state index in [1.54, 1.807) is 29.0 Å². The summed E-state index contributed by atoms with van der Waals surface area (Å²) in [5, 5.41) is 12.5. The van der Waals surface area contributed by atoms with E-state index in [9.17, 15) is 4.39 Å². The first-order valence-corrected chi connectivity index (χ1v) is 8.50. The first-order chi connectivity index (χ1) is 12.2. The van der Waals surface area contributed by atoms with Crippen LogP contribution in [0.25, 0.3) is 5.65 Å². The summed E-state index contributed by atoms with van der Waals surface area (Å²) < 4.78 is 21.1. The van der Waals surface area contributed by atoms with E-state index in [0.29, 0.717) is 18.3 Å². The molecular formula is C18H20FN5O. The van der Waals surface area contributed by atoms with Crippen molar-refractivity contribution >= 4 is 11.3 Å². The van der Waals surface area contributed by atoms with Crippen molar-refractivity contribution in [3.05, 3.63) is 48.2 Å². The number of aryl methyl sites for hydroxylation is 1. The highest BCUT2D eigenvalue weighted by Crippen LogP contribution is 2.27. The van der Waals surface area contributed by atoms with Crippen LogP contribution >= 0.6 is 0 Å². The van der Waals surface area contributed by atoms with Gasteiger partial charge in [-0.05, 0) is 38.0 Å². The molecule has 25 heavy (non-hydrogen) atoms. The minimum Gasteiger partial charge on any atom is -0.490 e. The number of hydrogen-bond donors (Lipinski definition) is 0. The minimum absolute atomic E-state index is 0.315. The fourth-order valence-electron chi connectivity index (χ4n) is 3.35. The van der Waals surface area contributed by atoms with E-state index >= 15 is 0 Å². The van der Waals surface area contributed by atoms with Crippen LogP contribution in [0.2, 0.25) is 0 Å². The molecule has 0 aliphatic carbocycles. The summed E-state index contributed by atoms with van der Waals surface area (Å²) in [5.74, 6) is 0.342. The standard InChI is InChI=1S/C18H20FN5O/c1-13-9-16(18-21-20-12-24(18)22-13)23-8-4-5-14(10-23)11-25-17-7-3-2-6-15(17)19/h2-3,6-7,9,12,14H,4-5,8,10-11H2,1H3. The number of hydrogen-bond acceptors (Lipinski definition) is 5. The lowest BCUT2D eigenvalue weighted by molar-refractivity contribution is 0.221. The van der Waals surface area contributed by atoms with Crippen molar-refractivity contribution < 1.29 is 9.13 Å². The smallest absolute Gasteiger partial charge is 0.200 e. The van der Waals surface area contributed by atoms with Gasteiger partial charge in [-0.1, -0.05) is 12.1 Å². The molecule has 1 unspecified atom stereocenters. The maximum atomic E-state index is 13.7. The third-order valence-electron chi connectivity index (χ3n) is 4.54. The molecule has 0 amide bonds. The number of halogens is 1. The van der Waals surface area contributed by atoms with Crippen molar-refractivity contribution in [2.45, 2.75) is 19.8 Å². The Hall–Kier alpha value is -2.70. The van der Waals surface area contributed by atoms with Crippen LogP contribution in [0.1, 0.15) is 18.5 Å². The molecule has 1 aliphatic rings. The Morgan fingerprint density at radius 2 is 2.20 bits per heavy atom. The molecule has 4 rings (SSSR count). The topological polar surface area (TPSA) is 55.5 Å². The second-order valence-electron chi connectivity index (χ2n) is 6.47. The predicted molar refractivity (Wildman–Crippen MR) is 92.4 cm³/mol. The highest BCUT2D eigenvalue weighted by atomic mass is 19.1. The maximum Gasteiger partial charge on any atom is 0.200 e. The van der Waals surface area contributed by atoms with Gasteiger partial charge in [0.25, 0.3) is 0 Å². The number of aromatic nitrogens is 4. The molecule has 1 aliphatic heterocycles. The Morgan fingerprint density at radius 3 is 3.08 bits per heavy atom. The Balaban J connectivity index is 1.49. The lowest BCUT2D eigenvalue weighted by atomic mass is 9.98. The molecule has 0 N–H and O–H groups in total. The van der Waals surface area contributed by atoms with Crippen LogP contribution in [0.15, 0.2) is 36.7 Å². The van der Waals surface area contributed by atoms with Crippen molar-refractivity contribution in [2.24, 2.45) is 5.92 Å². The Kier molecular flexibility index (Phi) is 4.21. The van der Waals surface area contributed by atoms with E-state index in [0.717, 1.165) is 43.0 Å². The third kappa shape index (κ3) is 3.26. The van der Waals surface area contributed by atoms with Gasteiger partial charge in [0, 0.05) is 19.0 Å². The number of ether oxygens (including phenoxy) is 1. The molecule has 1 saturated heterocycles. The van der Waals surface area contributed by atoms with Crippen LogP contribution in [0.5, 0.6) is 5.75 Å². The van der Waals surface area contributed by atoms with E-state index in [4.69, 9.17) is 4.74 Å². The number of benzene rings is 1. The molecule has 3 heterocycles. The number of rotatable bonds is 4. The molecule has 0 spiro atoms. The van der Waals surface area contributed by atoms with E-state index in [-0.39, 0.29) is 5.82 Å². The molecule has 1 fully saturated rings. The number of nitrogens with zero attached hydrogens (tertiary/aromatic N) is 5. The number of para-hydroxylation sites is 1. The average molecular weight is 341 g/mol. The summed E-state index contributed by atoms with van der Waals surface area (Å²) in [6.07, 6.45) is 3.75. The van der Waals surface area contributed by atoms with Crippen molar-refractivity contribution in [2.75, 3.05) is 24.6 Å². The molecule has 130 valence electrons. The number of fused-ring (bicyclic) bond motifs is 1. The van der Waals surface area contributed by atoms with Crippen LogP contribution in [0.4, 0.5) is 10.1 Å². The molecule has 0 saturated carbocycles. The molecule has 1 atom stereocenters. The lowest BCUT2D eigenvalue weighted by Crippen LogP contribution is -2.38. The van der Waals surface area contributed by atoms with Crippen molar-refractivity contribution in [3.63, 3.8) is 0 Å². The molecule has 7 heteroatoms. The van der Waals surface area contributed by atoms with Gasteiger partial charge in [0.05, 0.1) is 18.0 Å². The van der Waals surface area contributed by atoms with Gasteiger partial charge >= 0.3 is 0 Å². The van der Waals surface area contributed by atoms with E-state index in [2.05, 4.69) is 20.2 Å². The zero-order chi connectivity index (χ0) is 17.2. The molecule has 3 aromatic rings. The van der Waals surface area contributed by atoms with Gasteiger partial charge in [0.1, 0.15) is 6.33 Å². The van der Waals surface area contributed by atoms with Gasteiger partial charge in [0.2, 0.25) is 5.65 Å². The number of piperidine rings is 1. The van der Waals surface area contributed by atoms with Gasteiger partial charge in [-0.15, -0.1) is 10.2 Å². The highest BCUT2D eigenvalue weighted by Gasteiger charge is 2.23. The summed E-state index contributed by atoms with van der Waals surface area (Å²) in [7, 11) is 0. The molecule has 0 bridgehead atoms. The Bertz CT molecular complexity index is 881. The van der Waals surface area contributed by atoms with Crippen molar-refractivity contribution in [3.8, 4) is 5.75 Å². The molecule has 2 aromatic heterocycles. The molecular weight excluding hydrogens is 321 g/mol. The number of anilines is 1. The second kappa shape index (κ2) is 6.66. The van der Waals surface area contributed by atoms with Gasteiger partial charge in [-0.3, -0.25) is 0 Å². The third-order valence-corrected chi connectivity index (χ3v) is 4.54. The summed E-state index contributed by atoms with van der Waals surface area (Å²) in [5.41, 5.74) is 2.73. The predicted octanol–water partition coefficient (Wildman–Crippen LogP) is 2.87. The normalized spacial score (nSPS) is 17.8. The second-order valence-corrected chi connectivity index (χ2v) is 6.47. The monoisotopic (exact) mass is 341 g/mol. The highest BCUT2D eigenvalue weighted by molar-refractivity contribution is 5.68. The molecule has 6 nitrogen and oxygen atoms in total. The maximum absolute atomic E-state index is 13.7. The van der Waals surface area contributed by atoms with Gasteiger partial charge in [-0.25, -0.2) is 4.39 Å². The average Bonchev–Trinajstić information content (AvgIpc) is 3.09. The van der Waals surface area contributed by atoms with Crippen LogP contribution < -0.4 is 9.64 Å². The van der Waals surface area contributed by atoms with Gasteiger partial charge in [-0.2, -0.15) is 9.61 Å². The fourth-order valence-corrected chi connectivity index (χ4v) is 3.35. The zero-order valence-corrected chi connectivity index (χ0v) is 14.1. The summed E-state index contributed by atoms with van der Waals surface area (Å²) >= 11 is 0. The molecule has 1 aromatic carbocycles. The molecule has 0 radical (unpaired) electrons. The first kappa shape index (κ1) is 15.8. The van der Waals surface area contributed by atoms with Crippen molar-refractivity contribution in [1.29, 1.82) is 0 Å². The van der Waals surface area contributed by atoms with E-state index < -0.39 is 0 Å². The summed E-state index contributed by atoms with van der Waals surface area (Å²) in [6, 6.07) is 8.59. The largest absolute Gasteiger partial charge is 0.490 e. The van der Waals surface area contributed by atoms with E-state index in [1.165, 1.54) is 6.07 Å². The fraction of sp³-hybridized carbons (Fsp3) is 0.389. The Labute approximate surface area is 145 Å². The zero-order valence-electron chi connectivity index (χ0n) is 14.1. The van der Waals surface area contributed by atoms with Gasteiger partial charge in [0.15, 0.2) is 11.6 Å². The van der Waals surface area contributed by atoms with Crippen molar-refractivity contribution in [1.82, 2.24) is 19.8 Å². The quantitative estimate of drug-likeness (QED) is 0.730. The van der Waals surface area contributed by atoms with E-state index in [1.807, 2.05) is 13.0 Å². The summed E-state index contributed by atoms with van der Waals surface area (Å²) in [6.45, 7) is 4.28. The van der Waals surface area contributed by atoms with Crippen LogP contribution in [-0.2, 0) is 0 Å². The minimum atomic E-state index is -0.315. The van der Waals surface area contributed by atoms with Crippen LogP contribution in [-0.4, -0.2) is 39.5 Å². The first-order valence-electron chi connectivity index (χ1n) is 8.50. The van der Waals surface area contributed by atoms with Crippen LogP contribution in [0.3, 0.4) is 0 Å².